The van der Waals surface area contributed by atoms with Gasteiger partial charge in [0.2, 0.25) is 0 Å². The van der Waals surface area contributed by atoms with Crippen LogP contribution in [0.5, 0.6) is 5.75 Å². The molecule has 0 aliphatic heterocycles. The summed E-state index contributed by atoms with van der Waals surface area (Å²) in [6.45, 7) is 8.05. The van der Waals surface area contributed by atoms with Crippen molar-refractivity contribution in [3.63, 3.8) is 0 Å². The molecule has 0 bridgehead atoms. The molecule has 3 aromatic rings. The third-order valence-corrected chi connectivity index (χ3v) is 5.96. The lowest BCUT2D eigenvalue weighted by atomic mass is 10.0. The first-order valence-corrected chi connectivity index (χ1v) is 11.7. The summed E-state index contributed by atoms with van der Waals surface area (Å²) in [6.07, 6.45) is 6.86. The first kappa shape index (κ1) is 23.1. The Labute approximate surface area is 194 Å². The second-order valence-corrected chi connectivity index (χ2v) is 10.0. The van der Waals surface area contributed by atoms with Gasteiger partial charge in [0, 0.05) is 36.9 Å². The van der Waals surface area contributed by atoms with Crippen LogP contribution in [0.3, 0.4) is 0 Å². The Balaban J connectivity index is 1.48. The molecule has 1 aliphatic carbocycles. The molecule has 0 saturated heterocycles. The molecule has 1 fully saturated rings. The van der Waals surface area contributed by atoms with Gasteiger partial charge in [0.25, 0.3) is 5.56 Å². The number of carbonyl (C=O) groups excluding carboxylic acids is 1. The number of nitrogens with one attached hydrogen (secondary N) is 1. The van der Waals surface area contributed by atoms with Crippen LogP contribution >= 0.6 is 0 Å². The minimum Gasteiger partial charge on any atom is -0.493 e. The quantitative estimate of drug-likeness (QED) is 0.402. The van der Waals surface area contributed by atoms with Crippen molar-refractivity contribution in [3.05, 3.63) is 46.5 Å². The van der Waals surface area contributed by atoms with Gasteiger partial charge in [-0.25, -0.2) is 4.79 Å². The Morgan fingerprint density at radius 3 is 2.70 bits per heavy atom. The number of hydrogen-bond donors (Lipinski definition) is 1. The summed E-state index contributed by atoms with van der Waals surface area (Å²) >= 11 is 0. The van der Waals surface area contributed by atoms with Gasteiger partial charge in [0.15, 0.2) is 0 Å². The van der Waals surface area contributed by atoms with Crippen LogP contribution in [-0.2, 0) is 11.8 Å². The number of fused-ring (bicyclic) bond motifs is 3. The van der Waals surface area contributed by atoms with Gasteiger partial charge in [0.05, 0.1) is 17.5 Å². The van der Waals surface area contributed by atoms with Crippen molar-refractivity contribution in [1.82, 2.24) is 14.9 Å². The van der Waals surface area contributed by atoms with Crippen molar-refractivity contribution >= 4 is 27.8 Å². The fraction of sp³-hybridized carbons (Fsp3) is 0.500. The molecule has 1 amide bonds. The highest BCUT2D eigenvalue weighted by atomic mass is 16.6. The van der Waals surface area contributed by atoms with Gasteiger partial charge in [-0.05, 0) is 82.4 Å². The molecule has 0 spiro atoms. The summed E-state index contributed by atoms with van der Waals surface area (Å²) in [5.74, 6) is 1.35. The Bertz CT molecular complexity index is 1240. The largest absolute Gasteiger partial charge is 0.493 e. The van der Waals surface area contributed by atoms with Crippen LogP contribution in [0.2, 0.25) is 0 Å². The van der Waals surface area contributed by atoms with Crippen LogP contribution in [0.1, 0.15) is 64.9 Å². The molecule has 7 nitrogen and oxygen atoms in total. The first-order chi connectivity index (χ1) is 15.6. The molecule has 0 radical (unpaired) electrons. The monoisotopic (exact) mass is 451 g/mol. The van der Waals surface area contributed by atoms with E-state index in [0.29, 0.717) is 17.9 Å². The van der Waals surface area contributed by atoms with Gasteiger partial charge in [-0.1, -0.05) is 0 Å². The number of ether oxygens (including phenoxy) is 2. The van der Waals surface area contributed by atoms with Gasteiger partial charge >= 0.3 is 6.09 Å². The molecule has 1 aromatic carbocycles. The van der Waals surface area contributed by atoms with E-state index in [9.17, 15) is 9.59 Å². The van der Waals surface area contributed by atoms with Crippen LogP contribution in [0.25, 0.3) is 21.7 Å². The first-order valence-electron chi connectivity index (χ1n) is 11.7. The average molecular weight is 452 g/mol. The highest BCUT2D eigenvalue weighted by molar-refractivity contribution is 6.06. The maximum Gasteiger partial charge on any atom is 0.407 e. The number of rotatable bonds is 7. The number of benzene rings is 1. The fourth-order valence-electron chi connectivity index (χ4n) is 4.16. The zero-order valence-corrected chi connectivity index (χ0v) is 20.1. The van der Waals surface area contributed by atoms with E-state index in [-0.39, 0.29) is 11.6 Å². The molecule has 2 heterocycles. The lowest BCUT2D eigenvalue weighted by molar-refractivity contribution is 0.0505. The topological polar surface area (TPSA) is 82.5 Å². The third-order valence-electron chi connectivity index (χ3n) is 5.96. The number of amides is 1. The molecule has 1 unspecified atom stereocenters. The normalized spacial score (nSPS) is 14.9. The number of aryl methyl sites for hydroxylation is 1. The lowest BCUT2D eigenvalue weighted by Gasteiger charge is -2.22. The summed E-state index contributed by atoms with van der Waals surface area (Å²) in [5.41, 5.74) is 1.50. The smallest absolute Gasteiger partial charge is 0.407 e. The van der Waals surface area contributed by atoms with E-state index in [2.05, 4.69) is 16.4 Å². The van der Waals surface area contributed by atoms with E-state index in [4.69, 9.17) is 9.47 Å². The predicted molar refractivity (Wildman–Crippen MR) is 130 cm³/mol. The summed E-state index contributed by atoms with van der Waals surface area (Å²) in [6, 6.07) is 6.10. The molecule has 4 rings (SSSR count). The van der Waals surface area contributed by atoms with E-state index in [1.807, 2.05) is 39.8 Å². The molecule has 7 heteroatoms. The second kappa shape index (κ2) is 9.04. The molecule has 176 valence electrons. The highest BCUT2D eigenvalue weighted by Gasteiger charge is 2.28. The minimum atomic E-state index is -0.510. The van der Waals surface area contributed by atoms with Gasteiger partial charge < -0.3 is 19.4 Å². The van der Waals surface area contributed by atoms with Gasteiger partial charge in [-0.2, -0.15) is 0 Å². The molecule has 33 heavy (non-hydrogen) atoms. The van der Waals surface area contributed by atoms with Crippen molar-refractivity contribution in [2.24, 2.45) is 7.05 Å². The number of pyridine rings is 2. The maximum absolute atomic E-state index is 12.8. The number of alkyl carbamates (subject to hydrolysis) is 1. The van der Waals surface area contributed by atoms with Gasteiger partial charge in [-0.15, -0.1) is 0 Å². The number of aromatic nitrogens is 2. The van der Waals surface area contributed by atoms with E-state index in [0.717, 1.165) is 47.7 Å². The van der Waals surface area contributed by atoms with Gasteiger partial charge in [0.1, 0.15) is 11.4 Å². The van der Waals surface area contributed by atoms with Crippen LogP contribution in [0.15, 0.2) is 35.4 Å². The molecule has 1 aliphatic rings. The van der Waals surface area contributed by atoms with Crippen molar-refractivity contribution in [3.8, 4) is 5.75 Å². The van der Waals surface area contributed by atoms with Crippen LogP contribution in [0.4, 0.5) is 4.79 Å². The molecule has 1 N–H and O–H groups in total. The minimum absolute atomic E-state index is 0.0104. The summed E-state index contributed by atoms with van der Waals surface area (Å²) in [4.78, 5) is 28.9. The highest BCUT2D eigenvalue weighted by Crippen LogP contribution is 2.46. The van der Waals surface area contributed by atoms with Crippen molar-refractivity contribution in [1.29, 1.82) is 0 Å². The summed E-state index contributed by atoms with van der Waals surface area (Å²) < 4.78 is 13.2. The zero-order chi connectivity index (χ0) is 23.8. The average Bonchev–Trinajstić information content (AvgIpc) is 3.58. The summed E-state index contributed by atoms with van der Waals surface area (Å²) in [7, 11) is 1.79. The second-order valence-electron chi connectivity index (χ2n) is 10.0. The molecular formula is C26H33N3O4. The fourth-order valence-corrected chi connectivity index (χ4v) is 4.16. The number of hydrogen-bond acceptors (Lipinski definition) is 5. The molecule has 1 saturated carbocycles. The lowest BCUT2D eigenvalue weighted by Crippen LogP contribution is -2.37. The van der Waals surface area contributed by atoms with E-state index >= 15 is 0 Å². The third kappa shape index (κ3) is 5.29. The number of carbonyl (C=O) groups is 1. The Morgan fingerprint density at radius 1 is 1.24 bits per heavy atom. The predicted octanol–water partition coefficient (Wildman–Crippen LogP) is 5.04. The van der Waals surface area contributed by atoms with Crippen molar-refractivity contribution < 1.29 is 14.3 Å². The van der Waals surface area contributed by atoms with Crippen LogP contribution in [-0.4, -0.2) is 33.9 Å². The standard InChI is InChI=1S/C26H33N3O4/c1-16(28-25(31)33-26(2,3)4)7-6-12-32-23-14-22-20(13-19(23)17-8-9-17)18-10-11-27-15-21(18)24(30)29(22)5/h10-11,13-17H,6-9,12H2,1-5H3,(H,28,31). The maximum atomic E-state index is 12.8. The van der Waals surface area contributed by atoms with Crippen LogP contribution in [0, 0.1) is 0 Å². The summed E-state index contributed by atoms with van der Waals surface area (Å²) in [5, 5.41) is 5.49. The van der Waals surface area contributed by atoms with Gasteiger partial charge in [-0.3, -0.25) is 9.78 Å². The van der Waals surface area contributed by atoms with Crippen molar-refractivity contribution in [2.45, 2.75) is 70.9 Å². The molecule has 2 aromatic heterocycles. The molecular weight excluding hydrogens is 418 g/mol. The Morgan fingerprint density at radius 2 is 2.00 bits per heavy atom. The van der Waals surface area contributed by atoms with E-state index < -0.39 is 11.7 Å². The number of nitrogens with zero attached hydrogens (tertiary/aromatic N) is 2. The Kier molecular flexibility index (Phi) is 6.32. The van der Waals surface area contributed by atoms with E-state index in [1.165, 1.54) is 5.56 Å². The van der Waals surface area contributed by atoms with Crippen LogP contribution < -0.4 is 15.6 Å². The van der Waals surface area contributed by atoms with Crippen molar-refractivity contribution in [2.75, 3.05) is 6.61 Å². The Hall–Kier alpha value is -3.09. The van der Waals surface area contributed by atoms with E-state index in [1.54, 1.807) is 24.0 Å². The SMILES string of the molecule is CC(CCCOc1cc2c(cc1C1CC1)c1ccncc1c(=O)n2C)NC(=O)OC(C)(C)C. The zero-order valence-electron chi connectivity index (χ0n) is 20.1. The molecule has 1 atom stereocenters.